The van der Waals surface area contributed by atoms with E-state index < -0.39 is 10.0 Å². The molecule has 0 atom stereocenters. The summed E-state index contributed by atoms with van der Waals surface area (Å²) in [7, 11) is -3.18. The van der Waals surface area contributed by atoms with E-state index in [2.05, 4.69) is 25.6 Å². The Labute approximate surface area is 133 Å². The molecule has 2 heterocycles. The topological polar surface area (TPSA) is 79.4 Å². The number of likely N-dealkylation sites (tertiary alicyclic amines) is 1. The van der Waals surface area contributed by atoms with Gasteiger partial charge >= 0.3 is 0 Å². The van der Waals surface area contributed by atoms with E-state index in [-0.39, 0.29) is 17.7 Å². The highest BCUT2D eigenvalue weighted by molar-refractivity contribution is 9.10. The fourth-order valence-corrected chi connectivity index (χ4v) is 3.52. The van der Waals surface area contributed by atoms with Crippen molar-refractivity contribution in [2.45, 2.75) is 25.8 Å². The van der Waals surface area contributed by atoms with Crippen LogP contribution in [0.25, 0.3) is 0 Å². The molecule has 1 aliphatic rings. The van der Waals surface area contributed by atoms with Gasteiger partial charge in [0, 0.05) is 36.0 Å². The van der Waals surface area contributed by atoms with Gasteiger partial charge in [-0.25, -0.2) is 13.1 Å². The second-order valence-electron chi connectivity index (χ2n) is 4.98. The maximum atomic E-state index is 12.3. The first-order valence-electron chi connectivity index (χ1n) is 6.81. The zero-order chi connectivity index (χ0) is 15.5. The van der Waals surface area contributed by atoms with Gasteiger partial charge in [0.15, 0.2) is 0 Å². The molecule has 6 nitrogen and oxygen atoms in total. The molecule has 1 fully saturated rings. The minimum atomic E-state index is -3.18. The zero-order valence-electron chi connectivity index (χ0n) is 11.8. The summed E-state index contributed by atoms with van der Waals surface area (Å²) in [5.41, 5.74) is 0.539. The highest BCUT2D eigenvalue weighted by atomic mass is 79.9. The van der Waals surface area contributed by atoms with Gasteiger partial charge in [0.25, 0.3) is 5.91 Å². The summed E-state index contributed by atoms with van der Waals surface area (Å²) in [6.45, 7) is 2.70. The number of nitrogens with zero attached hydrogens (tertiary/aromatic N) is 2. The Balaban J connectivity index is 1.93. The highest BCUT2D eigenvalue weighted by Crippen LogP contribution is 2.16. The van der Waals surface area contributed by atoms with E-state index in [1.165, 1.54) is 0 Å². The molecule has 0 radical (unpaired) electrons. The number of rotatable bonds is 4. The normalized spacial score (nSPS) is 17.0. The maximum Gasteiger partial charge on any atom is 0.255 e. The van der Waals surface area contributed by atoms with E-state index in [1.54, 1.807) is 30.3 Å². The quantitative estimate of drug-likeness (QED) is 0.861. The molecule has 1 saturated heterocycles. The maximum absolute atomic E-state index is 12.3. The summed E-state index contributed by atoms with van der Waals surface area (Å²) in [5, 5.41) is 0. The van der Waals surface area contributed by atoms with Crippen molar-refractivity contribution in [1.29, 1.82) is 0 Å². The molecule has 1 amide bonds. The number of hydrogen-bond acceptors (Lipinski definition) is 4. The van der Waals surface area contributed by atoms with E-state index in [4.69, 9.17) is 0 Å². The van der Waals surface area contributed by atoms with Crippen molar-refractivity contribution in [3.8, 4) is 0 Å². The first kappa shape index (κ1) is 16.4. The van der Waals surface area contributed by atoms with Gasteiger partial charge in [-0.05, 0) is 41.8 Å². The fourth-order valence-electron chi connectivity index (χ4n) is 2.25. The van der Waals surface area contributed by atoms with Gasteiger partial charge in [0.1, 0.15) is 0 Å². The van der Waals surface area contributed by atoms with Gasteiger partial charge < -0.3 is 4.90 Å². The molecule has 116 valence electrons. The molecule has 21 heavy (non-hydrogen) atoms. The van der Waals surface area contributed by atoms with E-state index in [9.17, 15) is 13.2 Å². The molecular formula is C13H18BrN3O3S. The van der Waals surface area contributed by atoms with Gasteiger partial charge in [0.2, 0.25) is 10.0 Å². The Kier molecular flexibility index (Phi) is 5.34. The first-order chi connectivity index (χ1) is 9.91. The second kappa shape index (κ2) is 6.85. The molecule has 0 spiro atoms. The minimum Gasteiger partial charge on any atom is -0.338 e. The Bertz CT molecular complexity index is 613. The minimum absolute atomic E-state index is 0.0689. The first-order valence-corrected chi connectivity index (χ1v) is 9.25. The molecule has 0 aliphatic carbocycles. The molecule has 1 aromatic rings. The molecule has 8 heteroatoms. The largest absolute Gasteiger partial charge is 0.338 e. The van der Waals surface area contributed by atoms with Gasteiger partial charge in [-0.3, -0.25) is 9.78 Å². The van der Waals surface area contributed by atoms with Crippen LogP contribution < -0.4 is 4.72 Å². The number of halogens is 1. The second-order valence-corrected chi connectivity index (χ2v) is 7.94. The van der Waals surface area contributed by atoms with Gasteiger partial charge in [-0.15, -0.1) is 0 Å². The van der Waals surface area contributed by atoms with Crippen LogP contribution in [0.3, 0.4) is 0 Å². The number of piperidine rings is 1. The Hall–Kier alpha value is -0.990. The number of pyridine rings is 1. The summed E-state index contributed by atoms with van der Waals surface area (Å²) in [4.78, 5) is 18.1. The lowest BCUT2D eigenvalue weighted by Gasteiger charge is -2.32. The lowest BCUT2D eigenvalue weighted by atomic mass is 10.1. The standard InChI is InChI=1S/C13H18BrN3O3S/c1-2-21(19,20)16-12-3-5-17(6-4-12)13(18)10-7-11(14)9-15-8-10/h7-9,12,16H,2-6H2,1H3. The zero-order valence-corrected chi connectivity index (χ0v) is 14.2. The van der Waals surface area contributed by atoms with Crippen LogP contribution in [0.4, 0.5) is 0 Å². The fraction of sp³-hybridized carbons (Fsp3) is 0.538. The number of sulfonamides is 1. The number of hydrogen-bond donors (Lipinski definition) is 1. The van der Waals surface area contributed by atoms with E-state index >= 15 is 0 Å². The molecule has 1 N–H and O–H groups in total. The lowest BCUT2D eigenvalue weighted by Crippen LogP contribution is -2.46. The van der Waals surface area contributed by atoms with Crippen LogP contribution in [0.1, 0.15) is 30.1 Å². The van der Waals surface area contributed by atoms with Crippen molar-refractivity contribution in [3.63, 3.8) is 0 Å². The van der Waals surface area contributed by atoms with Crippen LogP contribution in [0.15, 0.2) is 22.9 Å². The van der Waals surface area contributed by atoms with Crippen LogP contribution in [0.5, 0.6) is 0 Å². The molecule has 0 saturated carbocycles. The predicted octanol–water partition coefficient (Wildman–Crippen LogP) is 1.39. The molecule has 0 aromatic carbocycles. The number of amides is 1. The van der Waals surface area contributed by atoms with Crippen molar-refractivity contribution in [2.24, 2.45) is 0 Å². The van der Waals surface area contributed by atoms with Gasteiger partial charge in [-0.1, -0.05) is 0 Å². The molecule has 0 bridgehead atoms. The third-order valence-electron chi connectivity index (χ3n) is 3.46. The number of carbonyl (C=O) groups excluding carboxylic acids is 1. The van der Waals surface area contributed by atoms with Crippen LogP contribution >= 0.6 is 15.9 Å². The Morgan fingerprint density at radius 1 is 1.43 bits per heavy atom. The number of carbonyl (C=O) groups is 1. The molecular weight excluding hydrogens is 358 g/mol. The molecule has 1 aliphatic heterocycles. The summed E-state index contributed by atoms with van der Waals surface area (Å²) in [6, 6.07) is 1.65. The van der Waals surface area contributed by atoms with E-state index in [0.717, 1.165) is 4.47 Å². The smallest absolute Gasteiger partial charge is 0.255 e. The van der Waals surface area contributed by atoms with Crippen molar-refractivity contribution in [3.05, 3.63) is 28.5 Å². The highest BCUT2D eigenvalue weighted by Gasteiger charge is 2.26. The average molecular weight is 376 g/mol. The van der Waals surface area contributed by atoms with Crippen molar-refractivity contribution in [1.82, 2.24) is 14.6 Å². The predicted molar refractivity (Wildman–Crippen MR) is 83.5 cm³/mol. The van der Waals surface area contributed by atoms with Crippen molar-refractivity contribution < 1.29 is 13.2 Å². The average Bonchev–Trinajstić information content (AvgIpc) is 2.47. The summed E-state index contributed by atoms with van der Waals surface area (Å²) in [6.07, 6.45) is 4.43. The molecule has 2 rings (SSSR count). The monoisotopic (exact) mass is 375 g/mol. The Morgan fingerprint density at radius 2 is 2.10 bits per heavy atom. The van der Waals surface area contributed by atoms with Crippen LogP contribution in [-0.4, -0.2) is 49.1 Å². The van der Waals surface area contributed by atoms with Gasteiger partial charge in [0.05, 0.1) is 11.3 Å². The van der Waals surface area contributed by atoms with Crippen LogP contribution in [-0.2, 0) is 10.0 Å². The lowest BCUT2D eigenvalue weighted by molar-refractivity contribution is 0.0711. The van der Waals surface area contributed by atoms with E-state index in [1.807, 2.05) is 0 Å². The Morgan fingerprint density at radius 3 is 2.67 bits per heavy atom. The SMILES string of the molecule is CCS(=O)(=O)NC1CCN(C(=O)c2cncc(Br)c2)CC1. The summed E-state index contributed by atoms with van der Waals surface area (Å²) >= 11 is 3.30. The third kappa shape index (κ3) is 4.49. The molecule has 1 aromatic heterocycles. The third-order valence-corrected chi connectivity index (χ3v) is 5.35. The van der Waals surface area contributed by atoms with Crippen molar-refractivity contribution in [2.75, 3.05) is 18.8 Å². The van der Waals surface area contributed by atoms with Gasteiger partial charge in [-0.2, -0.15) is 0 Å². The number of nitrogens with one attached hydrogen (secondary N) is 1. The van der Waals surface area contributed by atoms with E-state index in [0.29, 0.717) is 31.5 Å². The summed E-state index contributed by atoms with van der Waals surface area (Å²) < 4.78 is 26.5. The van der Waals surface area contributed by atoms with Crippen LogP contribution in [0, 0.1) is 0 Å². The number of aromatic nitrogens is 1. The van der Waals surface area contributed by atoms with Crippen molar-refractivity contribution >= 4 is 31.9 Å². The van der Waals surface area contributed by atoms with Crippen LogP contribution in [0.2, 0.25) is 0 Å². The molecule has 0 unspecified atom stereocenters. The summed E-state index contributed by atoms with van der Waals surface area (Å²) in [5.74, 6) is 0.0103.